The summed E-state index contributed by atoms with van der Waals surface area (Å²) in [7, 11) is 0. The molecule has 0 atom stereocenters. The van der Waals surface area contributed by atoms with Crippen LogP contribution in [0.3, 0.4) is 0 Å². The largest absolute Gasteiger partial charge is 0.432 e. The van der Waals surface area contributed by atoms with Gasteiger partial charge in [-0.3, -0.25) is 0 Å². The Morgan fingerprint density at radius 1 is 0.471 bits per heavy atom. The number of hydrogen-bond donors (Lipinski definition) is 0. The van der Waals surface area contributed by atoms with Crippen LogP contribution in [0.25, 0.3) is 22.3 Å². The third-order valence-electron chi connectivity index (χ3n) is 9.93. The average Bonchev–Trinajstić information content (AvgIpc) is 3.07. The van der Waals surface area contributed by atoms with Crippen LogP contribution >= 0.6 is 0 Å². The van der Waals surface area contributed by atoms with Gasteiger partial charge in [-0.05, 0) is 114 Å². The van der Waals surface area contributed by atoms with Crippen LogP contribution < -0.4 is 9.47 Å². The van der Waals surface area contributed by atoms with Crippen molar-refractivity contribution in [2.75, 3.05) is 0 Å². The van der Waals surface area contributed by atoms with E-state index in [2.05, 4.69) is 23.3 Å². The SMILES string of the molecule is CC1CCC(c2cc(F)c(-c3ccc(OC(F)F)c(F)c3)c(F)c2)CC1.CC1CCC(c2ccc(-c3ccc(OC(F)F)c(F)c3)c(F)c2)CC1. The Morgan fingerprint density at radius 2 is 0.902 bits per heavy atom. The normalized spacial score (nSPS) is 20.6. The molecule has 0 unspecified atom stereocenters. The van der Waals surface area contributed by atoms with E-state index in [0.717, 1.165) is 93.2 Å². The van der Waals surface area contributed by atoms with Gasteiger partial charge in [-0.15, -0.1) is 0 Å². The Balaban J connectivity index is 0.000000198. The summed E-state index contributed by atoms with van der Waals surface area (Å²) in [5.74, 6) is -3.46. The maximum absolute atomic E-state index is 14.6. The standard InChI is InChI=1S/C20H19F5O.C20H20F4O/c1-11-2-4-12(5-3-11)14-9-16(22)19(17(23)10-14)13-6-7-18(15(21)8-13)26-20(24)25;1-12-2-4-13(5-3-12)14-6-8-16(17(21)10-14)15-7-9-19(18(22)11-15)25-20(23)24/h6-12,20H,2-5H2,1H3;6-13,20H,2-5H2,1H3. The molecule has 0 radical (unpaired) electrons. The summed E-state index contributed by atoms with van der Waals surface area (Å²) in [6, 6.07) is 14.0. The van der Waals surface area contributed by atoms with Gasteiger partial charge >= 0.3 is 13.2 Å². The van der Waals surface area contributed by atoms with Gasteiger partial charge in [-0.2, -0.15) is 17.6 Å². The van der Waals surface area contributed by atoms with E-state index in [0.29, 0.717) is 23.0 Å². The Bertz CT molecular complexity index is 1760. The van der Waals surface area contributed by atoms with Crippen molar-refractivity contribution in [1.82, 2.24) is 0 Å². The second kappa shape index (κ2) is 16.9. The zero-order valence-electron chi connectivity index (χ0n) is 28.2. The number of halogens is 9. The molecule has 2 aliphatic rings. The Kier molecular flexibility index (Phi) is 12.6. The van der Waals surface area contributed by atoms with Gasteiger partial charge in [0.05, 0.1) is 5.56 Å². The van der Waals surface area contributed by atoms with Crippen LogP contribution in [-0.4, -0.2) is 13.2 Å². The van der Waals surface area contributed by atoms with Crippen LogP contribution in [0.4, 0.5) is 39.5 Å². The monoisotopic (exact) mass is 722 g/mol. The van der Waals surface area contributed by atoms with E-state index in [9.17, 15) is 39.5 Å². The van der Waals surface area contributed by atoms with Crippen LogP contribution in [0.15, 0.2) is 66.7 Å². The lowest BCUT2D eigenvalue weighted by molar-refractivity contribution is -0.0527. The van der Waals surface area contributed by atoms with Gasteiger partial charge in [0.25, 0.3) is 0 Å². The molecule has 2 saturated carbocycles. The molecule has 0 bridgehead atoms. The summed E-state index contributed by atoms with van der Waals surface area (Å²) in [5.41, 5.74) is 1.67. The summed E-state index contributed by atoms with van der Waals surface area (Å²) >= 11 is 0. The maximum Gasteiger partial charge on any atom is 0.387 e. The molecule has 2 aliphatic carbocycles. The van der Waals surface area contributed by atoms with Gasteiger partial charge in [0.2, 0.25) is 0 Å². The average molecular weight is 723 g/mol. The van der Waals surface area contributed by atoms with Gasteiger partial charge in [0.1, 0.15) is 17.5 Å². The van der Waals surface area contributed by atoms with Gasteiger partial charge in [-0.25, -0.2) is 22.0 Å². The van der Waals surface area contributed by atoms with Gasteiger partial charge < -0.3 is 9.47 Å². The highest BCUT2D eigenvalue weighted by molar-refractivity contribution is 5.67. The quantitative estimate of drug-likeness (QED) is 0.169. The Hall–Kier alpha value is -4.15. The molecule has 0 aromatic heterocycles. The van der Waals surface area contributed by atoms with Crippen molar-refractivity contribution in [3.05, 3.63) is 107 Å². The first kappa shape index (κ1) is 38.1. The van der Waals surface area contributed by atoms with Crippen LogP contribution in [0.5, 0.6) is 11.5 Å². The van der Waals surface area contributed by atoms with E-state index >= 15 is 0 Å². The lowest BCUT2D eigenvalue weighted by Gasteiger charge is -2.26. The molecule has 11 heteroatoms. The highest BCUT2D eigenvalue weighted by Crippen LogP contribution is 2.40. The Morgan fingerprint density at radius 3 is 1.35 bits per heavy atom. The third-order valence-corrected chi connectivity index (χ3v) is 9.93. The van der Waals surface area contributed by atoms with Gasteiger partial charge in [0, 0.05) is 5.56 Å². The van der Waals surface area contributed by atoms with Gasteiger partial charge in [0.15, 0.2) is 23.1 Å². The predicted octanol–water partition coefficient (Wildman–Crippen LogP) is 13.2. The number of alkyl halides is 4. The first-order valence-electron chi connectivity index (χ1n) is 17.1. The highest BCUT2D eigenvalue weighted by atomic mass is 19.3. The van der Waals surface area contributed by atoms with Crippen LogP contribution in [0.2, 0.25) is 0 Å². The first-order chi connectivity index (χ1) is 24.3. The molecule has 0 aliphatic heterocycles. The topological polar surface area (TPSA) is 18.5 Å². The smallest absolute Gasteiger partial charge is 0.387 e. The summed E-state index contributed by atoms with van der Waals surface area (Å²) in [6.07, 6.45) is 8.19. The molecule has 274 valence electrons. The summed E-state index contributed by atoms with van der Waals surface area (Å²) < 4.78 is 128. The van der Waals surface area contributed by atoms with Crippen molar-refractivity contribution >= 4 is 0 Å². The van der Waals surface area contributed by atoms with Crippen LogP contribution in [-0.2, 0) is 0 Å². The molecule has 0 N–H and O–H groups in total. The summed E-state index contributed by atoms with van der Waals surface area (Å²) in [6.45, 7) is -1.89. The predicted molar refractivity (Wildman–Crippen MR) is 178 cm³/mol. The van der Waals surface area contributed by atoms with Crippen molar-refractivity contribution < 1.29 is 49.0 Å². The molecule has 0 amide bonds. The number of ether oxygens (including phenoxy) is 2. The molecule has 2 fully saturated rings. The fraction of sp³-hybridized carbons (Fsp3) is 0.400. The molecule has 0 spiro atoms. The zero-order chi connectivity index (χ0) is 36.8. The molecular weight excluding hydrogens is 683 g/mol. The minimum atomic E-state index is -3.18. The summed E-state index contributed by atoms with van der Waals surface area (Å²) in [4.78, 5) is 0. The minimum Gasteiger partial charge on any atom is -0.432 e. The van der Waals surface area contributed by atoms with E-state index in [1.54, 1.807) is 6.07 Å². The molecule has 0 heterocycles. The second-order valence-electron chi connectivity index (χ2n) is 13.6. The molecule has 0 saturated heterocycles. The lowest BCUT2D eigenvalue weighted by Crippen LogP contribution is -2.11. The lowest BCUT2D eigenvalue weighted by atomic mass is 9.79. The van der Waals surface area contributed by atoms with Crippen molar-refractivity contribution in [1.29, 1.82) is 0 Å². The fourth-order valence-electron chi connectivity index (χ4n) is 7.02. The van der Waals surface area contributed by atoms with Crippen molar-refractivity contribution in [3.8, 4) is 33.8 Å². The van der Waals surface area contributed by atoms with Crippen LogP contribution in [0, 0.1) is 40.9 Å². The summed E-state index contributed by atoms with van der Waals surface area (Å²) in [5, 5.41) is 0. The first-order valence-corrected chi connectivity index (χ1v) is 17.1. The Labute approximate surface area is 291 Å². The number of rotatable bonds is 8. The van der Waals surface area contributed by atoms with E-state index in [1.807, 2.05) is 6.07 Å². The molecule has 6 rings (SSSR count). The van der Waals surface area contributed by atoms with Crippen molar-refractivity contribution in [2.45, 2.75) is 90.3 Å². The van der Waals surface area contributed by atoms with Crippen molar-refractivity contribution in [3.63, 3.8) is 0 Å². The van der Waals surface area contributed by atoms with Crippen molar-refractivity contribution in [2.24, 2.45) is 11.8 Å². The minimum absolute atomic E-state index is 0.0667. The molecule has 2 nitrogen and oxygen atoms in total. The number of benzene rings is 4. The molecule has 51 heavy (non-hydrogen) atoms. The molecular formula is C40H39F9O2. The second-order valence-corrected chi connectivity index (χ2v) is 13.6. The highest BCUT2D eigenvalue weighted by Gasteiger charge is 2.24. The van der Waals surface area contributed by atoms with Crippen LogP contribution in [0.1, 0.15) is 88.2 Å². The molecule has 4 aromatic rings. The van der Waals surface area contributed by atoms with E-state index in [4.69, 9.17) is 0 Å². The fourth-order valence-corrected chi connectivity index (χ4v) is 7.02. The number of hydrogen-bond acceptors (Lipinski definition) is 2. The van der Waals surface area contributed by atoms with E-state index < -0.39 is 53.8 Å². The third kappa shape index (κ3) is 9.80. The zero-order valence-corrected chi connectivity index (χ0v) is 28.2. The molecule has 4 aromatic carbocycles. The maximum atomic E-state index is 14.6. The van der Waals surface area contributed by atoms with Gasteiger partial charge in [-0.1, -0.05) is 63.8 Å². The van der Waals surface area contributed by atoms with E-state index in [1.165, 1.54) is 24.3 Å². The van der Waals surface area contributed by atoms with E-state index in [-0.39, 0.29) is 22.6 Å².